The van der Waals surface area contributed by atoms with E-state index in [4.69, 9.17) is 5.73 Å². The summed E-state index contributed by atoms with van der Waals surface area (Å²) < 4.78 is 0.874. The zero-order valence-corrected chi connectivity index (χ0v) is 14.7. The number of para-hydroxylation sites is 1. The zero-order valence-electron chi connectivity index (χ0n) is 13.1. The van der Waals surface area contributed by atoms with Crippen LogP contribution in [0.1, 0.15) is 25.7 Å². The molecule has 0 aliphatic carbocycles. The van der Waals surface area contributed by atoms with Gasteiger partial charge in [0.05, 0.1) is 5.69 Å². The minimum absolute atomic E-state index is 0.0419. The van der Waals surface area contributed by atoms with Crippen molar-refractivity contribution in [3.8, 4) is 0 Å². The number of nitrogens with two attached hydrogens (primary N) is 1. The highest BCUT2D eigenvalue weighted by Crippen LogP contribution is 2.32. The fraction of sp³-hybridized carbons (Fsp3) is 0.529. The van der Waals surface area contributed by atoms with E-state index >= 15 is 0 Å². The summed E-state index contributed by atoms with van der Waals surface area (Å²) >= 11 is 3.48. The molecule has 124 valence electrons. The van der Waals surface area contributed by atoms with Gasteiger partial charge in [-0.2, -0.15) is 0 Å². The van der Waals surface area contributed by atoms with E-state index in [0.29, 0.717) is 19.5 Å². The van der Waals surface area contributed by atoms with E-state index in [1.165, 1.54) is 0 Å². The van der Waals surface area contributed by atoms with Crippen molar-refractivity contribution in [1.29, 1.82) is 0 Å². The van der Waals surface area contributed by atoms with Crippen molar-refractivity contribution in [2.75, 3.05) is 24.5 Å². The van der Waals surface area contributed by atoms with Gasteiger partial charge < -0.3 is 15.5 Å². The van der Waals surface area contributed by atoms with Gasteiger partial charge in [0.2, 0.25) is 11.8 Å². The molecule has 23 heavy (non-hydrogen) atoms. The van der Waals surface area contributed by atoms with Crippen LogP contribution in [0.2, 0.25) is 0 Å². The maximum Gasteiger partial charge on any atom is 0.239 e. The Hall–Kier alpha value is -1.40. The summed E-state index contributed by atoms with van der Waals surface area (Å²) in [5, 5.41) is 0. The van der Waals surface area contributed by atoms with Crippen molar-refractivity contribution in [2.24, 2.45) is 11.7 Å². The van der Waals surface area contributed by atoms with Crippen LogP contribution in [-0.2, 0) is 9.59 Å². The number of likely N-dealkylation sites (tertiary alicyclic amines) is 1. The van der Waals surface area contributed by atoms with Crippen molar-refractivity contribution >= 4 is 33.4 Å². The monoisotopic (exact) mass is 379 g/mol. The molecule has 5 nitrogen and oxygen atoms in total. The molecule has 2 atom stereocenters. The first-order chi connectivity index (χ1) is 11.1. The van der Waals surface area contributed by atoms with Crippen molar-refractivity contribution in [1.82, 2.24) is 4.90 Å². The van der Waals surface area contributed by atoms with Crippen LogP contribution in [0.5, 0.6) is 0 Å². The minimum Gasteiger partial charge on any atom is -0.338 e. The van der Waals surface area contributed by atoms with E-state index in [1.807, 2.05) is 29.2 Å². The van der Waals surface area contributed by atoms with E-state index in [1.54, 1.807) is 4.90 Å². The molecule has 0 bridgehead atoms. The van der Waals surface area contributed by atoms with Gasteiger partial charge in [0, 0.05) is 30.1 Å². The van der Waals surface area contributed by atoms with Gasteiger partial charge in [0.25, 0.3) is 0 Å². The van der Waals surface area contributed by atoms with Gasteiger partial charge in [-0.3, -0.25) is 9.59 Å². The van der Waals surface area contributed by atoms with Crippen LogP contribution in [0.4, 0.5) is 5.69 Å². The van der Waals surface area contributed by atoms with Crippen LogP contribution in [0.25, 0.3) is 0 Å². The smallest absolute Gasteiger partial charge is 0.239 e. The lowest BCUT2D eigenvalue weighted by Crippen LogP contribution is -2.50. The highest BCUT2D eigenvalue weighted by Gasteiger charge is 2.41. The first-order valence-electron chi connectivity index (χ1n) is 8.20. The fourth-order valence-corrected chi connectivity index (χ4v) is 4.05. The molecule has 2 fully saturated rings. The highest BCUT2D eigenvalue weighted by atomic mass is 79.9. The first kappa shape index (κ1) is 16.5. The normalized spacial score (nSPS) is 25.0. The molecule has 0 saturated carbocycles. The SMILES string of the molecule is NC[C@H]1CCCCN1C(=O)[C@@H]1CCN(c2ccccc2Br)C1=O. The number of amides is 2. The van der Waals surface area contributed by atoms with Gasteiger partial charge in [-0.25, -0.2) is 0 Å². The third kappa shape index (κ3) is 3.15. The van der Waals surface area contributed by atoms with Crippen LogP contribution in [-0.4, -0.2) is 42.4 Å². The van der Waals surface area contributed by atoms with Gasteiger partial charge in [0.1, 0.15) is 5.92 Å². The predicted octanol–water partition coefficient (Wildman–Crippen LogP) is 2.14. The Kier molecular flexibility index (Phi) is 5.02. The zero-order chi connectivity index (χ0) is 16.4. The first-order valence-corrected chi connectivity index (χ1v) is 8.99. The number of anilines is 1. The van der Waals surface area contributed by atoms with Crippen LogP contribution >= 0.6 is 15.9 Å². The molecule has 1 aromatic carbocycles. The lowest BCUT2D eigenvalue weighted by atomic mass is 9.98. The Balaban J connectivity index is 1.76. The standard InChI is InChI=1S/C17H22BrN3O2/c18-14-6-1-2-7-15(14)21-10-8-13(17(21)23)16(22)20-9-4-3-5-12(20)11-19/h1-2,6-7,12-13H,3-5,8-11,19H2/t12-,13+/m1/s1. The molecule has 1 aromatic rings. The number of hydrogen-bond donors (Lipinski definition) is 1. The number of halogens is 1. The molecule has 2 aliphatic rings. The van der Waals surface area contributed by atoms with Gasteiger partial charge in [-0.15, -0.1) is 0 Å². The minimum atomic E-state index is -0.561. The molecular formula is C17H22BrN3O2. The van der Waals surface area contributed by atoms with Gasteiger partial charge in [-0.1, -0.05) is 12.1 Å². The van der Waals surface area contributed by atoms with E-state index < -0.39 is 5.92 Å². The molecule has 2 N–H and O–H groups in total. The predicted molar refractivity (Wildman–Crippen MR) is 93.0 cm³/mol. The van der Waals surface area contributed by atoms with Gasteiger partial charge in [0.15, 0.2) is 0 Å². The van der Waals surface area contributed by atoms with Crippen molar-refractivity contribution in [2.45, 2.75) is 31.7 Å². The molecule has 0 radical (unpaired) electrons. The summed E-state index contributed by atoms with van der Waals surface area (Å²) in [6, 6.07) is 7.71. The maximum atomic E-state index is 12.9. The van der Waals surface area contributed by atoms with Crippen LogP contribution in [0.3, 0.4) is 0 Å². The molecule has 2 heterocycles. The summed E-state index contributed by atoms with van der Waals surface area (Å²) in [5.74, 6) is -0.697. The van der Waals surface area contributed by atoms with Crippen LogP contribution in [0, 0.1) is 5.92 Å². The third-order valence-corrected chi connectivity index (χ3v) is 5.50. The summed E-state index contributed by atoms with van der Waals surface area (Å²) in [4.78, 5) is 29.2. The van der Waals surface area contributed by atoms with Gasteiger partial charge >= 0.3 is 0 Å². The Labute approximate surface area is 144 Å². The molecule has 0 spiro atoms. The number of rotatable bonds is 3. The summed E-state index contributed by atoms with van der Waals surface area (Å²) in [5.41, 5.74) is 6.64. The van der Waals surface area contributed by atoms with E-state index in [-0.39, 0.29) is 17.9 Å². The highest BCUT2D eigenvalue weighted by molar-refractivity contribution is 9.10. The lowest BCUT2D eigenvalue weighted by Gasteiger charge is -2.36. The molecule has 2 aliphatic heterocycles. The molecule has 2 saturated heterocycles. The fourth-order valence-electron chi connectivity index (χ4n) is 3.55. The second-order valence-corrected chi connectivity index (χ2v) is 7.05. The summed E-state index contributed by atoms with van der Waals surface area (Å²) in [7, 11) is 0. The number of carbonyl (C=O) groups excluding carboxylic acids is 2. The lowest BCUT2D eigenvalue weighted by molar-refractivity contribution is -0.142. The Morgan fingerprint density at radius 2 is 2.00 bits per heavy atom. The molecule has 3 rings (SSSR count). The number of benzene rings is 1. The third-order valence-electron chi connectivity index (χ3n) is 4.83. The Bertz CT molecular complexity index is 607. The second kappa shape index (κ2) is 7.01. The van der Waals surface area contributed by atoms with Crippen molar-refractivity contribution < 1.29 is 9.59 Å². The second-order valence-electron chi connectivity index (χ2n) is 6.20. The summed E-state index contributed by atoms with van der Waals surface area (Å²) in [6.07, 6.45) is 3.62. The van der Waals surface area contributed by atoms with Gasteiger partial charge in [-0.05, 0) is 53.7 Å². The van der Waals surface area contributed by atoms with Crippen LogP contribution < -0.4 is 10.6 Å². The number of piperidine rings is 1. The summed E-state index contributed by atoms with van der Waals surface area (Å²) in [6.45, 7) is 1.78. The molecule has 0 aromatic heterocycles. The topological polar surface area (TPSA) is 66.6 Å². The molecule has 6 heteroatoms. The molecular weight excluding hydrogens is 358 g/mol. The van der Waals surface area contributed by atoms with E-state index in [2.05, 4.69) is 15.9 Å². The van der Waals surface area contributed by atoms with Crippen molar-refractivity contribution in [3.05, 3.63) is 28.7 Å². The van der Waals surface area contributed by atoms with E-state index in [9.17, 15) is 9.59 Å². The largest absolute Gasteiger partial charge is 0.338 e. The quantitative estimate of drug-likeness (QED) is 0.818. The average molecular weight is 380 g/mol. The number of hydrogen-bond acceptors (Lipinski definition) is 3. The maximum absolute atomic E-state index is 12.9. The van der Waals surface area contributed by atoms with E-state index in [0.717, 1.165) is 36.0 Å². The number of nitrogens with zero attached hydrogens (tertiary/aromatic N) is 2. The van der Waals surface area contributed by atoms with Crippen molar-refractivity contribution in [3.63, 3.8) is 0 Å². The number of carbonyl (C=O) groups is 2. The average Bonchev–Trinajstić information content (AvgIpc) is 2.96. The van der Waals surface area contributed by atoms with Crippen LogP contribution in [0.15, 0.2) is 28.7 Å². The Morgan fingerprint density at radius 3 is 2.74 bits per heavy atom. The molecule has 2 amide bonds. The molecule has 0 unspecified atom stereocenters. The Morgan fingerprint density at radius 1 is 1.22 bits per heavy atom.